The molecule has 8 heteroatoms. The van der Waals surface area contributed by atoms with Crippen LogP contribution in [-0.2, 0) is 16.4 Å². The van der Waals surface area contributed by atoms with E-state index < -0.39 is 10.0 Å². The van der Waals surface area contributed by atoms with Crippen LogP contribution in [0.5, 0.6) is 0 Å². The molecule has 166 valence electrons. The van der Waals surface area contributed by atoms with Gasteiger partial charge in [-0.2, -0.15) is 4.31 Å². The van der Waals surface area contributed by atoms with Crippen molar-refractivity contribution in [2.24, 2.45) is 11.8 Å². The van der Waals surface area contributed by atoms with Crippen LogP contribution >= 0.6 is 11.3 Å². The molecular formula is C24H25N3O3S2. The molecule has 32 heavy (non-hydrogen) atoms. The van der Waals surface area contributed by atoms with Gasteiger partial charge in [0.15, 0.2) is 5.13 Å². The van der Waals surface area contributed by atoms with Crippen LogP contribution in [0.15, 0.2) is 53.4 Å². The minimum Gasteiger partial charge on any atom is -0.298 e. The van der Waals surface area contributed by atoms with Gasteiger partial charge in [-0.25, -0.2) is 13.4 Å². The van der Waals surface area contributed by atoms with Gasteiger partial charge in [0, 0.05) is 35.5 Å². The van der Waals surface area contributed by atoms with Gasteiger partial charge in [-0.15, -0.1) is 11.3 Å². The predicted molar refractivity (Wildman–Crippen MR) is 126 cm³/mol. The fourth-order valence-corrected chi connectivity index (χ4v) is 7.39. The van der Waals surface area contributed by atoms with Crippen molar-refractivity contribution in [2.45, 2.75) is 31.6 Å². The summed E-state index contributed by atoms with van der Waals surface area (Å²) in [6.45, 7) is 5.23. The standard InChI is InChI=1S/C24H25N3O3S2/c1-15-11-16(2)14-27(13-15)32(29,30)19-9-7-17(8-10-19)23(28)26-24-25-22-20-6-4-3-5-18(20)12-21(22)31-24/h3-10,15-16H,11-14H2,1-2H3,(H,25,26,28)/t15-,16-/m0/s1. The molecule has 5 rings (SSSR count). The summed E-state index contributed by atoms with van der Waals surface area (Å²) >= 11 is 1.48. The molecule has 1 N–H and O–H groups in total. The Balaban J connectivity index is 1.30. The van der Waals surface area contributed by atoms with Crippen molar-refractivity contribution in [3.05, 3.63) is 64.5 Å². The number of hydrogen-bond donors (Lipinski definition) is 1. The number of aromatic nitrogens is 1. The fraction of sp³-hybridized carbons (Fsp3) is 0.333. The number of nitrogens with one attached hydrogen (secondary N) is 1. The smallest absolute Gasteiger partial charge is 0.257 e. The van der Waals surface area contributed by atoms with Gasteiger partial charge in [0.25, 0.3) is 5.91 Å². The number of carbonyl (C=O) groups is 1. The lowest BCUT2D eigenvalue weighted by Crippen LogP contribution is -2.42. The van der Waals surface area contributed by atoms with Crippen LogP contribution in [-0.4, -0.2) is 36.7 Å². The van der Waals surface area contributed by atoms with Gasteiger partial charge in [-0.05, 0) is 48.1 Å². The van der Waals surface area contributed by atoms with E-state index in [0.29, 0.717) is 35.6 Å². The maximum Gasteiger partial charge on any atom is 0.257 e. The Morgan fingerprint density at radius 3 is 2.47 bits per heavy atom. The highest BCUT2D eigenvalue weighted by Crippen LogP contribution is 2.40. The number of amides is 1. The molecule has 1 aliphatic heterocycles. The first kappa shape index (κ1) is 21.3. The number of carbonyl (C=O) groups excluding carboxylic acids is 1. The minimum atomic E-state index is -3.56. The van der Waals surface area contributed by atoms with Crippen LogP contribution in [0.2, 0.25) is 0 Å². The van der Waals surface area contributed by atoms with E-state index in [-0.39, 0.29) is 10.8 Å². The molecule has 2 aromatic carbocycles. The number of fused-ring (bicyclic) bond motifs is 3. The third-order valence-corrected chi connectivity index (χ3v) is 8.95. The molecule has 0 spiro atoms. The first-order valence-corrected chi connectivity index (χ1v) is 13.1. The maximum atomic E-state index is 13.0. The number of nitrogens with zero attached hydrogens (tertiary/aromatic N) is 2. The van der Waals surface area contributed by atoms with E-state index in [1.807, 2.05) is 12.1 Å². The summed E-state index contributed by atoms with van der Waals surface area (Å²) in [6, 6.07) is 14.3. The third-order valence-electron chi connectivity index (χ3n) is 6.13. The van der Waals surface area contributed by atoms with Gasteiger partial charge in [-0.1, -0.05) is 38.1 Å². The Kier molecular flexibility index (Phi) is 5.39. The van der Waals surface area contributed by atoms with Crippen LogP contribution in [0.25, 0.3) is 11.3 Å². The summed E-state index contributed by atoms with van der Waals surface area (Å²) in [7, 11) is -3.56. The number of rotatable bonds is 4. The number of benzene rings is 2. The summed E-state index contributed by atoms with van der Waals surface area (Å²) in [5, 5.41) is 3.42. The molecule has 1 saturated heterocycles. The van der Waals surface area contributed by atoms with Crippen molar-refractivity contribution >= 4 is 32.4 Å². The molecule has 0 unspecified atom stereocenters. The zero-order valence-electron chi connectivity index (χ0n) is 18.0. The number of thiazole rings is 1. The largest absolute Gasteiger partial charge is 0.298 e. The molecule has 1 amide bonds. The molecule has 0 bridgehead atoms. The number of sulfonamides is 1. The Labute approximate surface area is 192 Å². The van der Waals surface area contributed by atoms with Crippen molar-refractivity contribution in [2.75, 3.05) is 18.4 Å². The van der Waals surface area contributed by atoms with Gasteiger partial charge in [0.2, 0.25) is 10.0 Å². The lowest BCUT2D eigenvalue weighted by atomic mass is 9.94. The normalized spacial score (nSPS) is 20.6. The average molecular weight is 468 g/mol. The number of anilines is 1. The van der Waals surface area contributed by atoms with Crippen molar-refractivity contribution in [3.8, 4) is 11.3 Å². The second-order valence-corrected chi connectivity index (χ2v) is 11.9. The highest BCUT2D eigenvalue weighted by Gasteiger charge is 2.31. The van der Waals surface area contributed by atoms with Crippen LogP contribution in [0.4, 0.5) is 5.13 Å². The van der Waals surface area contributed by atoms with Crippen molar-refractivity contribution in [1.29, 1.82) is 0 Å². The molecule has 0 saturated carbocycles. The fourth-order valence-electron chi connectivity index (χ4n) is 4.71. The lowest BCUT2D eigenvalue weighted by molar-refractivity contribution is 0.102. The van der Waals surface area contributed by atoms with E-state index in [1.165, 1.54) is 29.0 Å². The summed E-state index contributed by atoms with van der Waals surface area (Å²) in [5.74, 6) is 0.380. The van der Waals surface area contributed by atoms with Crippen LogP contribution in [0, 0.1) is 11.8 Å². The zero-order valence-corrected chi connectivity index (χ0v) is 19.7. The minimum absolute atomic E-state index is 0.222. The molecule has 6 nitrogen and oxygen atoms in total. The summed E-state index contributed by atoms with van der Waals surface area (Å²) in [4.78, 5) is 18.7. The average Bonchev–Trinajstić information content (AvgIpc) is 3.30. The van der Waals surface area contributed by atoms with Crippen molar-refractivity contribution < 1.29 is 13.2 Å². The molecule has 2 heterocycles. The second kappa shape index (κ2) is 8.10. The highest BCUT2D eigenvalue weighted by atomic mass is 32.2. The van der Waals surface area contributed by atoms with E-state index >= 15 is 0 Å². The number of piperidine rings is 1. The van der Waals surface area contributed by atoms with E-state index in [2.05, 4.69) is 36.3 Å². The summed E-state index contributed by atoms with van der Waals surface area (Å²) < 4.78 is 27.7. The SMILES string of the molecule is C[C@H]1C[C@H](C)CN(S(=O)(=O)c2ccc(C(=O)Nc3nc4c(s3)Cc3ccccc3-4)cc2)C1. The lowest BCUT2D eigenvalue weighted by Gasteiger charge is -2.34. The zero-order chi connectivity index (χ0) is 22.5. The predicted octanol–water partition coefficient (Wildman–Crippen LogP) is 4.63. The van der Waals surface area contributed by atoms with E-state index in [1.54, 1.807) is 16.4 Å². The topological polar surface area (TPSA) is 79.4 Å². The first-order chi connectivity index (χ1) is 15.3. The van der Waals surface area contributed by atoms with E-state index in [9.17, 15) is 13.2 Å². The highest BCUT2D eigenvalue weighted by molar-refractivity contribution is 7.89. The first-order valence-electron chi connectivity index (χ1n) is 10.8. The van der Waals surface area contributed by atoms with Gasteiger partial charge in [0.1, 0.15) is 0 Å². The summed E-state index contributed by atoms with van der Waals surface area (Å²) in [6.07, 6.45) is 1.87. The van der Waals surface area contributed by atoms with Gasteiger partial charge in [-0.3, -0.25) is 10.1 Å². The van der Waals surface area contributed by atoms with Gasteiger partial charge < -0.3 is 0 Å². The Morgan fingerprint density at radius 1 is 1.06 bits per heavy atom. The molecule has 1 fully saturated rings. The van der Waals surface area contributed by atoms with E-state index in [4.69, 9.17) is 0 Å². The Hall–Kier alpha value is -2.55. The monoisotopic (exact) mass is 467 g/mol. The molecule has 1 aliphatic carbocycles. The van der Waals surface area contributed by atoms with Crippen LogP contribution < -0.4 is 5.32 Å². The quantitative estimate of drug-likeness (QED) is 0.474. The third kappa shape index (κ3) is 3.87. The van der Waals surface area contributed by atoms with Gasteiger partial charge >= 0.3 is 0 Å². The van der Waals surface area contributed by atoms with Crippen molar-refractivity contribution in [1.82, 2.24) is 9.29 Å². The summed E-state index contributed by atoms with van der Waals surface area (Å²) in [5.41, 5.74) is 3.72. The molecule has 2 aliphatic rings. The molecule has 0 radical (unpaired) electrons. The van der Waals surface area contributed by atoms with Crippen LogP contribution in [0.1, 0.15) is 41.1 Å². The molecule has 3 aromatic rings. The maximum absolute atomic E-state index is 13.0. The Morgan fingerprint density at radius 2 is 1.75 bits per heavy atom. The van der Waals surface area contributed by atoms with E-state index in [0.717, 1.165) is 29.0 Å². The van der Waals surface area contributed by atoms with Crippen LogP contribution in [0.3, 0.4) is 0 Å². The Bertz CT molecular complexity index is 1270. The van der Waals surface area contributed by atoms with Crippen molar-refractivity contribution in [3.63, 3.8) is 0 Å². The number of hydrogen-bond acceptors (Lipinski definition) is 5. The second-order valence-electron chi connectivity index (χ2n) is 8.87. The molecule has 2 atom stereocenters. The van der Waals surface area contributed by atoms with Gasteiger partial charge in [0.05, 0.1) is 10.6 Å². The molecular weight excluding hydrogens is 442 g/mol. The molecule has 1 aromatic heterocycles.